The molecule has 1 heterocycles. The van der Waals surface area contributed by atoms with E-state index in [-0.39, 0.29) is 5.56 Å². The van der Waals surface area contributed by atoms with Crippen LogP contribution in [0.5, 0.6) is 0 Å². The lowest BCUT2D eigenvalue weighted by atomic mass is 10.2. The van der Waals surface area contributed by atoms with Gasteiger partial charge in [-0.2, -0.15) is 0 Å². The van der Waals surface area contributed by atoms with E-state index in [1.807, 2.05) is 6.07 Å². The Morgan fingerprint density at radius 1 is 1.31 bits per heavy atom. The van der Waals surface area contributed by atoms with Gasteiger partial charge in [0.25, 0.3) is 0 Å². The van der Waals surface area contributed by atoms with Crippen molar-refractivity contribution in [3.63, 3.8) is 0 Å². The van der Waals surface area contributed by atoms with Gasteiger partial charge in [0.2, 0.25) is 5.56 Å². The quantitative estimate of drug-likeness (QED) is 0.689. The number of nitrogens with two attached hydrogens (primary N) is 1. The SMILES string of the molecule is Nc1cc(Br)cc2[nH]c(=O)ccc12. The highest BCUT2D eigenvalue weighted by Crippen LogP contribution is 2.23. The fourth-order valence-corrected chi connectivity index (χ4v) is 1.74. The zero-order valence-electron chi connectivity index (χ0n) is 6.67. The van der Waals surface area contributed by atoms with Crippen molar-refractivity contribution in [1.29, 1.82) is 0 Å². The average Bonchev–Trinajstić information content (AvgIpc) is 2.02. The number of nitrogen functional groups attached to an aromatic ring is 1. The summed E-state index contributed by atoms with van der Waals surface area (Å²) in [6.07, 6.45) is 0. The summed E-state index contributed by atoms with van der Waals surface area (Å²) >= 11 is 3.31. The van der Waals surface area contributed by atoms with Gasteiger partial charge in [-0.05, 0) is 18.2 Å². The van der Waals surface area contributed by atoms with Crippen molar-refractivity contribution < 1.29 is 0 Å². The Bertz CT molecular complexity index is 518. The molecular formula is C9H7BrN2O. The van der Waals surface area contributed by atoms with Crippen LogP contribution in [0.2, 0.25) is 0 Å². The Hall–Kier alpha value is -1.29. The second kappa shape index (κ2) is 2.88. The molecule has 0 atom stereocenters. The van der Waals surface area contributed by atoms with Gasteiger partial charge in [0.1, 0.15) is 0 Å². The molecule has 0 fully saturated rings. The van der Waals surface area contributed by atoms with Crippen LogP contribution in [0.3, 0.4) is 0 Å². The average molecular weight is 239 g/mol. The maximum absolute atomic E-state index is 11.0. The Labute approximate surface area is 82.7 Å². The van der Waals surface area contributed by atoms with Crippen LogP contribution >= 0.6 is 15.9 Å². The summed E-state index contributed by atoms with van der Waals surface area (Å²) < 4.78 is 0.861. The first-order valence-electron chi connectivity index (χ1n) is 3.75. The van der Waals surface area contributed by atoms with Crippen molar-refractivity contribution >= 4 is 32.5 Å². The number of nitrogens with one attached hydrogen (secondary N) is 1. The Morgan fingerprint density at radius 2 is 2.08 bits per heavy atom. The molecule has 66 valence electrons. The van der Waals surface area contributed by atoms with E-state index in [1.54, 1.807) is 12.1 Å². The molecule has 0 spiro atoms. The third-order valence-corrected chi connectivity index (χ3v) is 2.29. The summed E-state index contributed by atoms with van der Waals surface area (Å²) in [5.74, 6) is 0. The molecule has 0 bridgehead atoms. The van der Waals surface area contributed by atoms with Crippen LogP contribution in [-0.2, 0) is 0 Å². The van der Waals surface area contributed by atoms with E-state index < -0.39 is 0 Å². The van der Waals surface area contributed by atoms with Crippen LogP contribution in [-0.4, -0.2) is 4.98 Å². The Balaban J connectivity index is 2.94. The molecule has 4 heteroatoms. The smallest absolute Gasteiger partial charge is 0.248 e. The van der Waals surface area contributed by atoms with Gasteiger partial charge >= 0.3 is 0 Å². The topological polar surface area (TPSA) is 58.9 Å². The van der Waals surface area contributed by atoms with E-state index in [0.29, 0.717) is 5.69 Å². The van der Waals surface area contributed by atoms with Gasteiger partial charge in [-0.1, -0.05) is 15.9 Å². The van der Waals surface area contributed by atoms with Crippen molar-refractivity contribution in [2.24, 2.45) is 0 Å². The molecule has 0 radical (unpaired) electrons. The number of aromatic amines is 1. The van der Waals surface area contributed by atoms with Crippen LogP contribution in [0.4, 0.5) is 5.69 Å². The summed E-state index contributed by atoms with van der Waals surface area (Å²) in [5.41, 5.74) is 7.04. The van der Waals surface area contributed by atoms with E-state index in [4.69, 9.17) is 5.73 Å². The number of H-pyrrole nitrogens is 1. The largest absolute Gasteiger partial charge is 0.398 e. The monoisotopic (exact) mass is 238 g/mol. The molecule has 0 unspecified atom stereocenters. The van der Waals surface area contributed by atoms with Gasteiger partial charge in [0.05, 0.1) is 5.52 Å². The van der Waals surface area contributed by atoms with Gasteiger partial charge in [-0.3, -0.25) is 4.79 Å². The first-order valence-corrected chi connectivity index (χ1v) is 4.54. The van der Waals surface area contributed by atoms with E-state index in [2.05, 4.69) is 20.9 Å². The fourth-order valence-electron chi connectivity index (χ4n) is 1.26. The molecule has 0 aliphatic rings. The zero-order valence-corrected chi connectivity index (χ0v) is 8.26. The number of hydrogen-bond donors (Lipinski definition) is 2. The van der Waals surface area contributed by atoms with Crippen LogP contribution < -0.4 is 11.3 Å². The molecular weight excluding hydrogens is 232 g/mol. The molecule has 2 aromatic rings. The standard InChI is InChI=1S/C9H7BrN2O/c10-5-3-7(11)6-1-2-9(13)12-8(6)4-5/h1-4H,11H2,(H,12,13). The van der Waals surface area contributed by atoms with Crippen molar-refractivity contribution in [2.45, 2.75) is 0 Å². The highest BCUT2D eigenvalue weighted by molar-refractivity contribution is 9.10. The molecule has 0 aliphatic heterocycles. The van der Waals surface area contributed by atoms with Gasteiger partial charge in [0.15, 0.2) is 0 Å². The summed E-state index contributed by atoms with van der Waals surface area (Å²) in [6, 6.07) is 6.82. The maximum Gasteiger partial charge on any atom is 0.248 e. The maximum atomic E-state index is 11.0. The third-order valence-electron chi connectivity index (χ3n) is 1.84. The minimum Gasteiger partial charge on any atom is -0.398 e. The number of fused-ring (bicyclic) bond motifs is 1. The van der Waals surface area contributed by atoms with Crippen LogP contribution in [0.1, 0.15) is 0 Å². The summed E-state index contributed by atoms with van der Waals surface area (Å²) in [4.78, 5) is 13.7. The van der Waals surface area contributed by atoms with Gasteiger partial charge in [0, 0.05) is 21.6 Å². The number of benzene rings is 1. The van der Waals surface area contributed by atoms with E-state index in [1.165, 1.54) is 6.07 Å². The molecule has 3 N–H and O–H groups in total. The van der Waals surface area contributed by atoms with Crippen molar-refractivity contribution in [3.05, 3.63) is 39.1 Å². The predicted molar refractivity (Wildman–Crippen MR) is 56.7 cm³/mol. The van der Waals surface area contributed by atoms with Crippen LogP contribution in [0.15, 0.2) is 33.5 Å². The zero-order chi connectivity index (χ0) is 9.42. The lowest BCUT2D eigenvalue weighted by Crippen LogP contribution is -2.03. The minimum atomic E-state index is -0.120. The Kier molecular flexibility index (Phi) is 1.84. The van der Waals surface area contributed by atoms with E-state index in [9.17, 15) is 4.79 Å². The number of halogens is 1. The first kappa shape index (κ1) is 8.31. The van der Waals surface area contributed by atoms with Crippen molar-refractivity contribution in [3.8, 4) is 0 Å². The van der Waals surface area contributed by atoms with Gasteiger partial charge in [-0.25, -0.2) is 0 Å². The number of rotatable bonds is 0. The molecule has 2 rings (SSSR count). The molecule has 13 heavy (non-hydrogen) atoms. The molecule has 1 aromatic carbocycles. The second-order valence-electron chi connectivity index (χ2n) is 2.78. The highest BCUT2D eigenvalue weighted by atomic mass is 79.9. The summed E-state index contributed by atoms with van der Waals surface area (Å²) in [6.45, 7) is 0. The lowest BCUT2D eigenvalue weighted by molar-refractivity contribution is 1.31. The van der Waals surface area contributed by atoms with Crippen LogP contribution in [0, 0.1) is 0 Å². The molecule has 0 amide bonds. The number of aromatic nitrogens is 1. The number of pyridine rings is 1. The summed E-state index contributed by atoms with van der Waals surface area (Å²) in [5, 5.41) is 0.864. The molecule has 0 saturated heterocycles. The van der Waals surface area contributed by atoms with Gasteiger partial charge in [-0.15, -0.1) is 0 Å². The minimum absolute atomic E-state index is 0.120. The number of anilines is 1. The fraction of sp³-hybridized carbons (Fsp3) is 0. The summed E-state index contributed by atoms with van der Waals surface area (Å²) in [7, 11) is 0. The predicted octanol–water partition coefficient (Wildman–Crippen LogP) is 1.87. The first-order chi connectivity index (χ1) is 6.16. The number of hydrogen-bond acceptors (Lipinski definition) is 2. The second-order valence-corrected chi connectivity index (χ2v) is 3.69. The normalized spacial score (nSPS) is 10.5. The third kappa shape index (κ3) is 1.45. The lowest BCUT2D eigenvalue weighted by Gasteiger charge is -2.01. The molecule has 3 nitrogen and oxygen atoms in total. The molecule has 0 saturated carbocycles. The van der Waals surface area contributed by atoms with E-state index in [0.717, 1.165) is 15.4 Å². The molecule has 0 aliphatic carbocycles. The van der Waals surface area contributed by atoms with Crippen molar-refractivity contribution in [2.75, 3.05) is 5.73 Å². The van der Waals surface area contributed by atoms with Crippen molar-refractivity contribution in [1.82, 2.24) is 4.98 Å². The van der Waals surface area contributed by atoms with Gasteiger partial charge < -0.3 is 10.7 Å². The highest BCUT2D eigenvalue weighted by Gasteiger charge is 1.99. The Morgan fingerprint density at radius 3 is 2.85 bits per heavy atom. The van der Waals surface area contributed by atoms with E-state index >= 15 is 0 Å². The molecule has 1 aromatic heterocycles. The van der Waals surface area contributed by atoms with Crippen LogP contribution in [0.25, 0.3) is 10.9 Å².